The molecule has 2 N–H and O–H groups in total. The third kappa shape index (κ3) is 5.27. The number of aliphatic imine (C=N–C) groups is 1. The number of carbonyl (C=O) groups excluding carboxylic acids is 1. The first-order valence-electron chi connectivity index (χ1n) is 7.04. The Morgan fingerprint density at radius 3 is 2.45 bits per heavy atom. The molecule has 1 rings (SSSR count). The van der Waals surface area contributed by atoms with Crippen LogP contribution in [0.4, 0.5) is 0 Å². The number of nitrogens with zero attached hydrogens (tertiary/aromatic N) is 1. The summed E-state index contributed by atoms with van der Waals surface area (Å²) in [6.07, 6.45) is 0. The van der Waals surface area contributed by atoms with Gasteiger partial charge in [0, 0.05) is 19.1 Å². The largest absolute Gasteiger partial charge is 0.496 e. The second kappa shape index (κ2) is 7.68. The van der Waals surface area contributed by atoms with E-state index in [4.69, 9.17) is 9.47 Å². The summed E-state index contributed by atoms with van der Waals surface area (Å²) in [5, 5.41) is 6.48. The molecule has 22 heavy (non-hydrogen) atoms. The zero-order chi connectivity index (χ0) is 16.8. The van der Waals surface area contributed by atoms with Crippen LogP contribution in [-0.2, 0) is 11.3 Å². The molecule has 1 aromatic rings. The van der Waals surface area contributed by atoms with Crippen LogP contribution in [0, 0.1) is 0 Å². The number of nitrogens with one attached hydrogen (secondary N) is 2. The van der Waals surface area contributed by atoms with E-state index >= 15 is 0 Å². The fourth-order valence-electron chi connectivity index (χ4n) is 1.85. The van der Waals surface area contributed by atoms with Crippen LogP contribution in [0.25, 0.3) is 0 Å². The van der Waals surface area contributed by atoms with Crippen molar-refractivity contribution in [3.63, 3.8) is 0 Å². The topological polar surface area (TPSA) is 72.0 Å². The summed E-state index contributed by atoms with van der Waals surface area (Å²) in [7, 11) is 4.59. The molecule has 0 fully saturated rings. The molecule has 0 heterocycles. The molecule has 0 aliphatic heterocycles. The van der Waals surface area contributed by atoms with E-state index in [1.54, 1.807) is 19.2 Å². The summed E-state index contributed by atoms with van der Waals surface area (Å²) in [6, 6.07) is 5.40. The van der Waals surface area contributed by atoms with Gasteiger partial charge in [0.25, 0.3) is 0 Å². The van der Waals surface area contributed by atoms with Crippen molar-refractivity contribution in [2.45, 2.75) is 32.9 Å². The van der Waals surface area contributed by atoms with Crippen LogP contribution >= 0.6 is 0 Å². The van der Waals surface area contributed by atoms with Crippen molar-refractivity contribution >= 4 is 11.9 Å². The molecule has 0 saturated heterocycles. The maximum Gasteiger partial charge on any atom is 0.341 e. The lowest BCUT2D eigenvalue weighted by Crippen LogP contribution is -2.47. The maximum atomic E-state index is 11.8. The Hall–Kier alpha value is -2.24. The molecule has 0 unspecified atom stereocenters. The minimum atomic E-state index is -0.420. The number of hydrogen-bond acceptors (Lipinski definition) is 4. The highest BCUT2D eigenvalue weighted by Gasteiger charge is 2.14. The molecular weight excluding hydrogens is 282 g/mol. The Balaban J connectivity index is 2.84. The average Bonchev–Trinajstić information content (AvgIpc) is 2.49. The zero-order valence-corrected chi connectivity index (χ0v) is 14.1. The standard InChI is InChI=1S/C16H25N3O3/c1-16(2,3)19-15(17-4)18-10-11-7-8-13(21-5)12(9-11)14(20)22-6/h7-9H,10H2,1-6H3,(H2,17,18,19). The van der Waals surface area contributed by atoms with Gasteiger partial charge >= 0.3 is 5.97 Å². The summed E-state index contributed by atoms with van der Waals surface area (Å²) in [6.45, 7) is 6.71. The molecule has 0 atom stereocenters. The summed E-state index contributed by atoms with van der Waals surface area (Å²) < 4.78 is 9.95. The van der Waals surface area contributed by atoms with Gasteiger partial charge in [-0.05, 0) is 38.5 Å². The first-order chi connectivity index (χ1) is 10.3. The molecule has 1 aromatic carbocycles. The first kappa shape index (κ1) is 17.8. The van der Waals surface area contributed by atoms with Crippen LogP contribution in [0.15, 0.2) is 23.2 Å². The van der Waals surface area contributed by atoms with Gasteiger partial charge in [-0.2, -0.15) is 0 Å². The van der Waals surface area contributed by atoms with Crippen molar-refractivity contribution in [2.24, 2.45) is 4.99 Å². The normalized spacial score (nSPS) is 11.8. The van der Waals surface area contributed by atoms with E-state index in [0.29, 0.717) is 23.8 Å². The molecule has 0 radical (unpaired) electrons. The van der Waals surface area contributed by atoms with Crippen LogP contribution in [0.1, 0.15) is 36.7 Å². The first-order valence-corrected chi connectivity index (χ1v) is 7.04. The second-order valence-corrected chi connectivity index (χ2v) is 5.83. The molecule has 0 amide bonds. The van der Waals surface area contributed by atoms with Gasteiger partial charge in [-0.25, -0.2) is 4.79 Å². The van der Waals surface area contributed by atoms with E-state index in [1.807, 2.05) is 6.07 Å². The van der Waals surface area contributed by atoms with Crippen LogP contribution in [0.3, 0.4) is 0 Å². The average molecular weight is 307 g/mol. The predicted molar refractivity (Wildman–Crippen MR) is 87.4 cm³/mol. The lowest BCUT2D eigenvalue weighted by atomic mass is 10.1. The Kier molecular flexibility index (Phi) is 6.22. The molecule has 0 saturated carbocycles. The number of carbonyl (C=O) groups is 1. The third-order valence-corrected chi connectivity index (χ3v) is 2.85. The maximum absolute atomic E-state index is 11.8. The van der Waals surface area contributed by atoms with Crippen LogP contribution in [0.2, 0.25) is 0 Å². The van der Waals surface area contributed by atoms with Crippen molar-refractivity contribution in [2.75, 3.05) is 21.3 Å². The Labute approximate surface area is 131 Å². The number of benzene rings is 1. The quantitative estimate of drug-likeness (QED) is 0.505. The van der Waals surface area contributed by atoms with Crippen molar-refractivity contribution < 1.29 is 14.3 Å². The van der Waals surface area contributed by atoms with E-state index in [2.05, 4.69) is 36.4 Å². The lowest BCUT2D eigenvalue weighted by molar-refractivity contribution is 0.0597. The molecular formula is C16H25N3O3. The summed E-state index contributed by atoms with van der Waals surface area (Å²) in [5.74, 6) is 0.770. The van der Waals surface area contributed by atoms with E-state index < -0.39 is 5.97 Å². The SMILES string of the molecule is CN=C(NCc1ccc(OC)c(C(=O)OC)c1)NC(C)(C)C. The third-order valence-electron chi connectivity index (χ3n) is 2.85. The van der Waals surface area contributed by atoms with Gasteiger partial charge in [-0.3, -0.25) is 4.99 Å². The Bertz CT molecular complexity index is 548. The van der Waals surface area contributed by atoms with Crippen molar-refractivity contribution in [1.82, 2.24) is 10.6 Å². The Morgan fingerprint density at radius 2 is 1.95 bits per heavy atom. The van der Waals surface area contributed by atoms with Crippen LogP contribution in [0.5, 0.6) is 5.75 Å². The van der Waals surface area contributed by atoms with Gasteiger partial charge in [0.2, 0.25) is 0 Å². The molecule has 0 bridgehead atoms. The second-order valence-electron chi connectivity index (χ2n) is 5.83. The minimum Gasteiger partial charge on any atom is -0.496 e. The molecule has 6 heteroatoms. The number of hydrogen-bond donors (Lipinski definition) is 2. The van der Waals surface area contributed by atoms with Crippen molar-refractivity contribution in [3.8, 4) is 5.75 Å². The molecule has 0 aromatic heterocycles. The summed E-state index contributed by atoms with van der Waals surface area (Å²) in [4.78, 5) is 15.9. The molecule has 122 valence electrons. The van der Waals surface area contributed by atoms with Gasteiger partial charge in [0.1, 0.15) is 11.3 Å². The van der Waals surface area contributed by atoms with E-state index in [9.17, 15) is 4.79 Å². The number of methoxy groups -OCH3 is 2. The fourth-order valence-corrected chi connectivity index (χ4v) is 1.85. The number of ether oxygens (including phenoxy) is 2. The molecule has 6 nitrogen and oxygen atoms in total. The highest BCUT2D eigenvalue weighted by molar-refractivity contribution is 5.92. The van der Waals surface area contributed by atoms with E-state index in [0.717, 1.165) is 5.56 Å². The highest BCUT2D eigenvalue weighted by Crippen LogP contribution is 2.20. The minimum absolute atomic E-state index is 0.0844. The van der Waals surface area contributed by atoms with E-state index in [1.165, 1.54) is 14.2 Å². The molecule has 0 spiro atoms. The number of rotatable bonds is 4. The monoisotopic (exact) mass is 307 g/mol. The van der Waals surface area contributed by atoms with Crippen LogP contribution < -0.4 is 15.4 Å². The van der Waals surface area contributed by atoms with E-state index in [-0.39, 0.29) is 5.54 Å². The van der Waals surface area contributed by atoms with Gasteiger partial charge < -0.3 is 20.1 Å². The van der Waals surface area contributed by atoms with Gasteiger partial charge in [-0.15, -0.1) is 0 Å². The molecule has 0 aliphatic rings. The predicted octanol–water partition coefficient (Wildman–Crippen LogP) is 1.95. The zero-order valence-electron chi connectivity index (χ0n) is 14.1. The van der Waals surface area contributed by atoms with Gasteiger partial charge in [0.15, 0.2) is 5.96 Å². The molecule has 0 aliphatic carbocycles. The van der Waals surface area contributed by atoms with Gasteiger partial charge in [0.05, 0.1) is 14.2 Å². The van der Waals surface area contributed by atoms with Gasteiger partial charge in [-0.1, -0.05) is 6.07 Å². The smallest absolute Gasteiger partial charge is 0.341 e. The summed E-state index contributed by atoms with van der Waals surface area (Å²) in [5.41, 5.74) is 1.25. The van der Waals surface area contributed by atoms with Crippen molar-refractivity contribution in [3.05, 3.63) is 29.3 Å². The highest BCUT2D eigenvalue weighted by atomic mass is 16.5. The number of esters is 1. The van der Waals surface area contributed by atoms with Crippen LogP contribution in [-0.4, -0.2) is 38.7 Å². The fraction of sp³-hybridized carbons (Fsp3) is 0.500. The Morgan fingerprint density at radius 1 is 1.27 bits per heavy atom. The lowest BCUT2D eigenvalue weighted by Gasteiger charge is -2.23. The summed E-state index contributed by atoms with van der Waals surface area (Å²) >= 11 is 0. The van der Waals surface area contributed by atoms with Crippen molar-refractivity contribution in [1.29, 1.82) is 0 Å². The number of guanidine groups is 1.